The number of benzene rings is 2. The van der Waals surface area contributed by atoms with Gasteiger partial charge in [0.2, 0.25) is 15.9 Å². The van der Waals surface area contributed by atoms with E-state index in [4.69, 9.17) is 0 Å². The summed E-state index contributed by atoms with van der Waals surface area (Å²) in [5.74, 6) is -0.392. The summed E-state index contributed by atoms with van der Waals surface area (Å²) in [6, 6.07) is 15.6. The fraction of sp³-hybridized carbons (Fsp3) is 0.381. The van der Waals surface area contributed by atoms with Gasteiger partial charge in [-0.1, -0.05) is 30.3 Å². The van der Waals surface area contributed by atoms with Crippen molar-refractivity contribution in [2.45, 2.75) is 6.04 Å². The van der Waals surface area contributed by atoms with Crippen LogP contribution in [0.1, 0.15) is 11.6 Å². The Bertz CT molecular complexity index is 924. The first-order valence-electron chi connectivity index (χ1n) is 9.58. The zero-order valence-electron chi connectivity index (χ0n) is 17.1. The molecule has 1 atom stereocenters. The fourth-order valence-electron chi connectivity index (χ4n) is 3.38. The normalized spacial score (nSPS) is 16.6. The van der Waals surface area contributed by atoms with Crippen LogP contribution in [0.15, 0.2) is 54.6 Å². The first-order valence-corrected chi connectivity index (χ1v) is 11.4. The van der Waals surface area contributed by atoms with Crippen molar-refractivity contribution in [3.05, 3.63) is 60.2 Å². The molecule has 0 saturated carbocycles. The van der Waals surface area contributed by atoms with Crippen molar-refractivity contribution in [1.82, 2.24) is 9.21 Å². The Morgan fingerprint density at radius 1 is 1.00 bits per heavy atom. The smallest absolute Gasteiger partial charge is 0.247 e. The van der Waals surface area contributed by atoms with Crippen molar-refractivity contribution in [2.75, 3.05) is 56.7 Å². The first-order chi connectivity index (χ1) is 13.8. The van der Waals surface area contributed by atoms with Gasteiger partial charge in [0.15, 0.2) is 0 Å². The van der Waals surface area contributed by atoms with E-state index < -0.39 is 22.0 Å². The molecule has 1 N–H and O–H groups in total. The van der Waals surface area contributed by atoms with E-state index in [9.17, 15) is 13.2 Å². The third kappa shape index (κ3) is 5.35. The van der Waals surface area contributed by atoms with Gasteiger partial charge in [0.1, 0.15) is 6.04 Å². The lowest BCUT2D eigenvalue weighted by Crippen LogP contribution is -2.44. The van der Waals surface area contributed by atoms with Crippen LogP contribution in [0.25, 0.3) is 0 Å². The minimum atomic E-state index is -3.55. The maximum Gasteiger partial charge on any atom is 0.247 e. The predicted molar refractivity (Wildman–Crippen MR) is 117 cm³/mol. The van der Waals surface area contributed by atoms with Crippen LogP contribution in [0.3, 0.4) is 0 Å². The molecule has 0 aliphatic carbocycles. The number of anilines is 2. The molecule has 0 bridgehead atoms. The Hall–Kier alpha value is -2.42. The Labute approximate surface area is 173 Å². The van der Waals surface area contributed by atoms with Crippen LogP contribution >= 0.6 is 0 Å². The molecule has 0 spiro atoms. The van der Waals surface area contributed by atoms with Crippen LogP contribution < -0.4 is 10.2 Å². The van der Waals surface area contributed by atoms with Gasteiger partial charge < -0.3 is 15.1 Å². The van der Waals surface area contributed by atoms with Crippen molar-refractivity contribution in [2.24, 2.45) is 0 Å². The molecule has 2 aromatic rings. The highest BCUT2D eigenvalue weighted by atomic mass is 32.2. The summed E-state index contributed by atoms with van der Waals surface area (Å²) in [7, 11) is -0.0140. The molecule has 1 heterocycles. The minimum Gasteiger partial charge on any atom is -0.369 e. The van der Waals surface area contributed by atoms with Gasteiger partial charge in [-0.25, -0.2) is 8.42 Å². The molecule has 156 valence electrons. The topological polar surface area (TPSA) is 73.0 Å². The van der Waals surface area contributed by atoms with Gasteiger partial charge in [0.05, 0.1) is 6.26 Å². The molecule has 7 nitrogen and oxygen atoms in total. The van der Waals surface area contributed by atoms with Crippen LogP contribution in [-0.4, -0.2) is 70.1 Å². The number of sulfonamides is 1. The number of likely N-dealkylation sites (N-methyl/N-ethyl adjacent to an activating group) is 2. The lowest BCUT2D eigenvalue weighted by molar-refractivity contribution is -0.119. The molecule has 29 heavy (non-hydrogen) atoms. The highest BCUT2D eigenvalue weighted by Crippen LogP contribution is 2.25. The molecule has 1 saturated heterocycles. The molecule has 1 aliphatic heterocycles. The summed E-state index contributed by atoms with van der Waals surface area (Å²) in [4.78, 5) is 17.6. The molecule has 0 radical (unpaired) electrons. The highest BCUT2D eigenvalue weighted by Gasteiger charge is 2.30. The predicted octanol–water partition coefficient (Wildman–Crippen LogP) is 2.01. The zero-order valence-corrected chi connectivity index (χ0v) is 17.9. The Balaban J connectivity index is 1.75. The average molecular weight is 417 g/mol. The van der Waals surface area contributed by atoms with Crippen molar-refractivity contribution in [1.29, 1.82) is 0 Å². The molecule has 1 amide bonds. The Morgan fingerprint density at radius 3 is 2.14 bits per heavy atom. The third-order valence-corrected chi connectivity index (χ3v) is 6.51. The molecule has 1 aliphatic rings. The van der Waals surface area contributed by atoms with Crippen molar-refractivity contribution < 1.29 is 13.2 Å². The zero-order chi connectivity index (χ0) is 21.0. The van der Waals surface area contributed by atoms with Gasteiger partial charge in [-0.15, -0.1) is 0 Å². The number of nitrogens with one attached hydrogen (secondary N) is 1. The summed E-state index contributed by atoms with van der Waals surface area (Å²) in [6.45, 7) is 3.99. The highest BCUT2D eigenvalue weighted by molar-refractivity contribution is 7.88. The van der Waals surface area contributed by atoms with Gasteiger partial charge in [0, 0.05) is 44.6 Å². The minimum absolute atomic E-state index is 0.392. The maximum atomic E-state index is 13.0. The van der Waals surface area contributed by atoms with Crippen molar-refractivity contribution >= 4 is 27.3 Å². The van der Waals surface area contributed by atoms with Crippen LogP contribution in [0.2, 0.25) is 0 Å². The standard InChI is InChI=1S/C21H28N4O3S/c1-23-13-15-25(16-14-23)19-11-9-18(10-12-19)22-21(26)20(24(2)29(3,27)28)17-7-5-4-6-8-17/h4-12,20H,13-16H2,1-3H3,(H,22,26)/t20-/m1/s1. The van der Waals surface area contributed by atoms with Gasteiger partial charge in [-0.2, -0.15) is 4.31 Å². The second-order valence-corrected chi connectivity index (χ2v) is 9.46. The molecule has 2 aromatic carbocycles. The monoisotopic (exact) mass is 416 g/mol. The number of rotatable bonds is 6. The number of nitrogens with zero attached hydrogens (tertiary/aromatic N) is 3. The summed E-state index contributed by atoms with van der Waals surface area (Å²) in [5.41, 5.74) is 2.37. The molecule has 8 heteroatoms. The van der Waals surface area contributed by atoms with Gasteiger partial charge in [-0.05, 0) is 36.9 Å². The quantitative estimate of drug-likeness (QED) is 0.780. The molecule has 0 aromatic heterocycles. The Morgan fingerprint density at radius 2 is 1.59 bits per heavy atom. The average Bonchev–Trinajstić information content (AvgIpc) is 2.69. The number of amides is 1. The molecule has 0 unspecified atom stereocenters. The lowest BCUT2D eigenvalue weighted by Gasteiger charge is -2.34. The van der Waals surface area contributed by atoms with E-state index in [1.807, 2.05) is 30.3 Å². The summed E-state index contributed by atoms with van der Waals surface area (Å²) in [5, 5.41) is 2.86. The van der Waals surface area contributed by atoms with E-state index in [0.717, 1.165) is 42.4 Å². The van der Waals surface area contributed by atoms with Crippen molar-refractivity contribution in [3.63, 3.8) is 0 Å². The second kappa shape index (κ2) is 8.94. The third-order valence-electron chi connectivity index (χ3n) is 5.25. The molecular formula is C21H28N4O3S. The largest absolute Gasteiger partial charge is 0.369 e. The van der Waals surface area contributed by atoms with Gasteiger partial charge >= 0.3 is 0 Å². The number of carbonyl (C=O) groups excluding carboxylic acids is 1. The summed E-state index contributed by atoms with van der Waals surface area (Å²) < 4.78 is 25.3. The van der Waals surface area contributed by atoms with Gasteiger partial charge in [-0.3, -0.25) is 4.79 Å². The maximum absolute atomic E-state index is 13.0. The van der Waals surface area contributed by atoms with E-state index in [-0.39, 0.29) is 0 Å². The van der Waals surface area contributed by atoms with E-state index >= 15 is 0 Å². The van der Waals surface area contributed by atoms with Crippen LogP contribution in [0.5, 0.6) is 0 Å². The summed E-state index contributed by atoms with van der Waals surface area (Å²) >= 11 is 0. The van der Waals surface area contributed by atoms with E-state index in [2.05, 4.69) is 22.2 Å². The van der Waals surface area contributed by atoms with Crippen LogP contribution in [0, 0.1) is 0 Å². The fourth-order valence-corrected chi connectivity index (χ4v) is 3.98. The molecule has 3 rings (SSSR count). The van der Waals surface area contributed by atoms with E-state index in [1.165, 1.54) is 7.05 Å². The SMILES string of the molecule is CN1CCN(c2ccc(NC(=O)[C@@H](c3ccccc3)N(C)S(C)(=O)=O)cc2)CC1. The van der Waals surface area contributed by atoms with Crippen LogP contribution in [-0.2, 0) is 14.8 Å². The van der Waals surface area contributed by atoms with Crippen LogP contribution in [0.4, 0.5) is 11.4 Å². The second-order valence-electron chi connectivity index (χ2n) is 7.42. The number of carbonyl (C=O) groups is 1. The Kier molecular flexibility index (Phi) is 6.56. The summed E-state index contributed by atoms with van der Waals surface area (Å²) in [6.07, 6.45) is 1.10. The van der Waals surface area contributed by atoms with Gasteiger partial charge in [0.25, 0.3) is 0 Å². The number of hydrogen-bond donors (Lipinski definition) is 1. The molecule has 1 fully saturated rings. The first kappa shape index (κ1) is 21.3. The van der Waals surface area contributed by atoms with E-state index in [0.29, 0.717) is 11.3 Å². The number of piperazine rings is 1. The van der Waals surface area contributed by atoms with E-state index in [1.54, 1.807) is 24.3 Å². The van der Waals surface area contributed by atoms with Crippen molar-refractivity contribution in [3.8, 4) is 0 Å². The molecular weight excluding hydrogens is 388 g/mol. The lowest BCUT2D eigenvalue weighted by atomic mass is 10.1. The number of hydrogen-bond acceptors (Lipinski definition) is 5.